The Morgan fingerprint density at radius 1 is 0.889 bits per heavy atom. The summed E-state index contributed by atoms with van der Waals surface area (Å²) in [6.45, 7) is 5.17. The number of aryl methyl sites for hydroxylation is 1. The topological polar surface area (TPSA) is 56.6 Å². The number of para-hydroxylation sites is 1. The fourth-order valence-electron chi connectivity index (χ4n) is 5.36. The average Bonchev–Trinajstić information content (AvgIpc) is 2.92. The SMILES string of the molecule is Cc1nc2c(c(=O)n1C(c1ccccc1)c1ccccc1)CN(Cc1cccc3c1OCCO3)CC2. The quantitative estimate of drug-likeness (QED) is 0.421. The fraction of sp³-hybridized carbons (Fsp3) is 0.267. The highest BCUT2D eigenvalue weighted by Crippen LogP contribution is 2.35. The third kappa shape index (κ3) is 4.18. The molecule has 0 bridgehead atoms. The lowest BCUT2D eigenvalue weighted by Crippen LogP contribution is -2.40. The Bertz CT molecular complexity index is 1390. The highest BCUT2D eigenvalue weighted by atomic mass is 16.6. The van der Waals surface area contributed by atoms with Crippen LogP contribution in [-0.2, 0) is 19.5 Å². The summed E-state index contributed by atoms with van der Waals surface area (Å²) >= 11 is 0. The van der Waals surface area contributed by atoms with Crippen molar-refractivity contribution in [2.75, 3.05) is 19.8 Å². The van der Waals surface area contributed by atoms with E-state index in [0.717, 1.165) is 58.2 Å². The number of nitrogens with zero attached hydrogens (tertiary/aromatic N) is 3. The van der Waals surface area contributed by atoms with Crippen LogP contribution < -0.4 is 15.0 Å². The second kappa shape index (κ2) is 9.63. The minimum atomic E-state index is -0.236. The van der Waals surface area contributed by atoms with Crippen LogP contribution in [0, 0.1) is 6.92 Å². The summed E-state index contributed by atoms with van der Waals surface area (Å²) in [6.07, 6.45) is 0.750. The molecule has 2 aliphatic rings. The van der Waals surface area contributed by atoms with Crippen LogP contribution >= 0.6 is 0 Å². The van der Waals surface area contributed by atoms with Gasteiger partial charge in [-0.25, -0.2) is 4.98 Å². The molecule has 0 saturated heterocycles. The van der Waals surface area contributed by atoms with Gasteiger partial charge in [-0.1, -0.05) is 72.8 Å². The van der Waals surface area contributed by atoms with Crippen molar-refractivity contribution in [3.8, 4) is 11.5 Å². The maximum atomic E-state index is 14.1. The Morgan fingerprint density at radius 3 is 2.31 bits per heavy atom. The Hall–Kier alpha value is -3.90. The molecular weight excluding hydrogens is 450 g/mol. The summed E-state index contributed by atoms with van der Waals surface area (Å²) in [5.74, 6) is 2.36. The van der Waals surface area contributed by atoms with Gasteiger partial charge in [0.15, 0.2) is 11.5 Å². The first-order valence-electron chi connectivity index (χ1n) is 12.5. The Kier molecular flexibility index (Phi) is 6.03. The molecule has 2 aliphatic heterocycles. The predicted octanol–water partition coefficient (Wildman–Crippen LogP) is 4.52. The maximum absolute atomic E-state index is 14.1. The number of ether oxygens (including phenoxy) is 2. The summed E-state index contributed by atoms with van der Waals surface area (Å²) < 4.78 is 13.6. The van der Waals surface area contributed by atoms with Gasteiger partial charge in [-0.05, 0) is 24.1 Å². The van der Waals surface area contributed by atoms with Gasteiger partial charge < -0.3 is 9.47 Å². The fourth-order valence-corrected chi connectivity index (χ4v) is 5.36. The van der Waals surface area contributed by atoms with Gasteiger partial charge in [-0.2, -0.15) is 0 Å². The van der Waals surface area contributed by atoms with Crippen molar-refractivity contribution in [2.45, 2.75) is 32.5 Å². The number of benzene rings is 3. The van der Waals surface area contributed by atoms with E-state index in [1.54, 1.807) is 0 Å². The molecular formula is C30H29N3O3. The van der Waals surface area contributed by atoms with Crippen LogP contribution in [0.5, 0.6) is 11.5 Å². The maximum Gasteiger partial charge on any atom is 0.259 e. The molecule has 0 fully saturated rings. The van der Waals surface area contributed by atoms with Crippen LogP contribution in [0.25, 0.3) is 0 Å². The Morgan fingerprint density at radius 2 is 1.58 bits per heavy atom. The molecule has 0 unspecified atom stereocenters. The van der Waals surface area contributed by atoms with Crippen LogP contribution in [0.4, 0.5) is 0 Å². The van der Waals surface area contributed by atoms with E-state index in [0.29, 0.717) is 26.3 Å². The van der Waals surface area contributed by atoms with Gasteiger partial charge in [0.1, 0.15) is 19.0 Å². The molecule has 0 saturated carbocycles. The zero-order valence-corrected chi connectivity index (χ0v) is 20.4. The van der Waals surface area contributed by atoms with Gasteiger partial charge >= 0.3 is 0 Å². The lowest BCUT2D eigenvalue weighted by molar-refractivity contribution is 0.165. The van der Waals surface area contributed by atoms with E-state index in [9.17, 15) is 4.79 Å². The van der Waals surface area contributed by atoms with Crippen molar-refractivity contribution in [3.63, 3.8) is 0 Å². The molecule has 6 heteroatoms. The van der Waals surface area contributed by atoms with Crippen molar-refractivity contribution in [2.24, 2.45) is 0 Å². The van der Waals surface area contributed by atoms with Crippen LogP contribution in [0.3, 0.4) is 0 Å². The van der Waals surface area contributed by atoms with Crippen LogP contribution in [-0.4, -0.2) is 34.2 Å². The minimum absolute atomic E-state index is 0.0366. The van der Waals surface area contributed by atoms with Gasteiger partial charge in [0.2, 0.25) is 0 Å². The molecule has 0 aliphatic carbocycles. The molecule has 0 atom stereocenters. The molecule has 0 amide bonds. The van der Waals surface area contributed by atoms with E-state index in [2.05, 4.69) is 35.2 Å². The summed E-state index contributed by atoms with van der Waals surface area (Å²) in [5, 5.41) is 0. The predicted molar refractivity (Wildman–Crippen MR) is 139 cm³/mol. The first kappa shape index (κ1) is 22.6. The van der Waals surface area contributed by atoms with Crippen LogP contribution in [0.1, 0.15) is 39.8 Å². The first-order valence-corrected chi connectivity index (χ1v) is 12.5. The standard InChI is InChI=1S/C30H29N3O3/c1-21-31-26-15-16-32(19-24-13-8-14-27-29(24)36-18-17-35-27)20-25(26)30(34)33(21)28(22-9-4-2-5-10-22)23-11-6-3-7-12-23/h2-14,28H,15-20H2,1H3. The lowest BCUT2D eigenvalue weighted by atomic mass is 9.97. The first-order chi connectivity index (χ1) is 17.7. The van der Waals surface area contributed by atoms with E-state index in [1.807, 2.05) is 60.0 Å². The Labute approximate surface area is 210 Å². The highest BCUT2D eigenvalue weighted by Gasteiger charge is 2.28. The van der Waals surface area contributed by atoms with E-state index >= 15 is 0 Å². The van der Waals surface area contributed by atoms with Crippen molar-refractivity contribution in [1.29, 1.82) is 0 Å². The smallest absolute Gasteiger partial charge is 0.259 e. The molecule has 3 aromatic carbocycles. The molecule has 0 N–H and O–H groups in total. The average molecular weight is 480 g/mol. The number of fused-ring (bicyclic) bond motifs is 2. The van der Waals surface area contributed by atoms with E-state index < -0.39 is 0 Å². The molecule has 6 rings (SSSR count). The van der Waals surface area contributed by atoms with E-state index in [4.69, 9.17) is 14.5 Å². The molecule has 4 aromatic rings. The molecule has 0 spiro atoms. The highest BCUT2D eigenvalue weighted by molar-refractivity contribution is 5.47. The van der Waals surface area contributed by atoms with E-state index in [1.165, 1.54) is 0 Å². The molecule has 0 radical (unpaired) electrons. The van der Waals surface area contributed by atoms with Crippen molar-refractivity contribution in [3.05, 3.63) is 123 Å². The lowest BCUT2D eigenvalue weighted by Gasteiger charge is -2.31. The summed E-state index contributed by atoms with van der Waals surface area (Å²) in [4.78, 5) is 21.4. The molecule has 182 valence electrons. The van der Waals surface area contributed by atoms with Crippen molar-refractivity contribution < 1.29 is 9.47 Å². The van der Waals surface area contributed by atoms with Gasteiger partial charge in [0.25, 0.3) is 5.56 Å². The number of hydrogen-bond donors (Lipinski definition) is 0. The number of hydrogen-bond acceptors (Lipinski definition) is 5. The second-order valence-corrected chi connectivity index (χ2v) is 9.39. The van der Waals surface area contributed by atoms with Gasteiger partial charge in [-0.3, -0.25) is 14.3 Å². The van der Waals surface area contributed by atoms with E-state index in [-0.39, 0.29) is 11.6 Å². The van der Waals surface area contributed by atoms with Crippen molar-refractivity contribution >= 4 is 0 Å². The van der Waals surface area contributed by atoms with Gasteiger partial charge in [0, 0.05) is 31.6 Å². The monoisotopic (exact) mass is 479 g/mol. The molecule has 36 heavy (non-hydrogen) atoms. The van der Waals surface area contributed by atoms with Crippen molar-refractivity contribution in [1.82, 2.24) is 14.5 Å². The molecule has 3 heterocycles. The van der Waals surface area contributed by atoms with Crippen LogP contribution in [0.15, 0.2) is 83.7 Å². The van der Waals surface area contributed by atoms with Gasteiger partial charge in [0.05, 0.1) is 17.3 Å². The summed E-state index contributed by atoms with van der Waals surface area (Å²) in [5.41, 5.74) is 4.95. The van der Waals surface area contributed by atoms with Gasteiger partial charge in [-0.15, -0.1) is 0 Å². The second-order valence-electron chi connectivity index (χ2n) is 9.39. The summed E-state index contributed by atoms with van der Waals surface area (Å²) in [6, 6.07) is 26.2. The zero-order valence-electron chi connectivity index (χ0n) is 20.4. The van der Waals surface area contributed by atoms with Crippen LogP contribution in [0.2, 0.25) is 0 Å². The Balaban J connectivity index is 1.38. The number of aromatic nitrogens is 2. The third-order valence-electron chi connectivity index (χ3n) is 7.05. The largest absolute Gasteiger partial charge is 0.486 e. The third-order valence-corrected chi connectivity index (χ3v) is 7.05. The zero-order chi connectivity index (χ0) is 24.5. The normalized spacial score (nSPS) is 15.1. The molecule has 1 aromatic heterocycles. The summed E-state index contributed by atoms with van der Waals surface area (Å²) in [7, 11) is 0. The molecule has 6 nitrogen and oxygen atoms in total. The minimum Gasteiger partial charge on any atom is -0.486 e. The number of rotatable bonds is 5.